The predicted octanol–water partition coefficient (Wildman–Crippen LogP) is 1.41. The van der Waals surface area contributed by atoms with Gasteiger partial charge in [0, 0.05) is 38.2 Å². The molecule has 0 bridgehead atoms. The molecule has 1 atom stereocenters. The molecule has 8 nitrogen and oxygen atoms in total. The van der Waals surface area contributed by atoms with Crippen molar-refractivity contribution in [2.75, 3.05) is 18.4 Å². The second-order valence-corrected chi connectivity index (χ2v) is 8.14. The summed E-state index contributed by atoms with van der Waals surface area (Å²) in [5.41, 5.74) is 3.40. The van der Waals surface area contributed by atoms with Gasteiger partial charge in [-0.05, 0) is 35.7 Å². The molecule has 2 fully saturated rings. The monoisotopic (exact) mass is 420 g/mol. The number of hydrogen-bond acceptors (Lipinski definition) is 6. The van der Waals surface area contributed by atoms with E-state index in [1.165, 1.54) is 0 Å². The highest BCUT2D eigenvalue weighted by atomic mass is 16.5. The summed E-state index contributed by atoms with van der Waals surface area (Å²) in [4.78, 5) is 38.2. The zero-order valence-corrected chi connectivity index (χ0v) is 17.0. The van der Waals surface area contributed by atoms with E-state index in [2.05, 4.69) is 16.0 Å². The average Bonchev–Trinajstić information content (AvgIpc) is 3.06. The molecule has 2 aromatic rings. The van der Waals surface area contributed by atoms with Crippen LogP contribution in [0.4, 0.5) is 5.69 Å². The zero-order chi connectivity index (χ0) is 21.4. The zero-order valence-electron chi connectivity index (χ0n) is 17.0. The molecule has 0 aromatic heterocycles. The highest BCUT2D eigenvalue weighted by Gasteiger charge is 2.39. The SMILES string of the molecule is O=C1CCC(N2Cc3ccc(CNc4ccccc4OC4CNC4)cc3C2=O)C(=O)N1. The lowest BCUT2D eigenvalue weighted by atomic mass is 10.0. The van der Waals surface area contributed by atoms with E-state index in [-0.39, 0.29) is 24.3 Å². The Hall–Kier alpha value is -3.39. The Kier molecular flexibility index (Phi) is 5.07. The van der Waals surface area contributed by atoms with Gasteiger partial charge in [0.15, 0.2) is 0 Å². The molecule has 5 rings (SSSR count). The van der Waals surface area contributed by atoms with Crippen molar-refractivity contribution in [2.24, 2.45) is 0 Å². The number of ether oxygens (including phenoxy) is 1. The summed E-state index contributed by atoms with van der Waals surface area (Å²) in [7, 11) is 0. The number of anilines is 1. The van der Waals surface area contributed by atoms with Crippen molar-refractivity contribution < 1.29 is 19.1 Å². The van der Waals surface area contributed by atoms with Crippen molar-refractivity contribution in [1.29, 1.82) is 0 Å². The number of benzene rings is 2. The Morgan fingerprint density at radius 3 is 2.71 bits per heavy atom. The molecule has 160 valence electrons. The first-order chi connectivity index (χ1) is 15.1. The number of amides is 3. The highest BCUT2D eigenvalue weighted by molar-refractivity contribution is 6.05. The molecule has 1 unspecified atom stereocenters. The van der Waals surface area contributed by atoms with Crippen LogP contribution in [0.3, 0.4) is 0 Å². The summed E-state index contributed by atoms with van der Waals surface area (Å²) in [6.45, 7) is 2.64. The topological polar surface area (TPSA) is 99.8 Å². The van der Waals surface area contributed by atoms with Crippen LogP contribution >= 0.6 is 0 Å². The number of hydrogen-bond donors (Lipinski definition) is 3. The summed E-state index contributed by atoms with van der Waals surface area (Å²) in [6.07, 6.45) is 0.815. The van der Waals surface area contributed by atoms with Crippen LogP contribution in [0.25, 0.3) is 0 Å². The molecule has 31 heavy (non-hydrogen) atoms. The summed E-state index contributed by atoms with van der Waals surface area (Å²) in [6, 6.07) is 13.1. The molecule has 3 heterocycles. The second-order valence-electron chi connectivity index (χ2n) is 8.14. The summed E-state index contributed by atoms with van der Waals surface area (Å²) in [5, 5.41) is 8.93. The van der Waals surface area contributed by atoms with Crippen molar-refractivity contribution in [1.82, 2.24) is 15.5 Å². The molecule has 3 aliphatic rings. The maximum Gasteiger partial charge on any atom is 0.255 e. The molecule has 0 aliphatic carbocycles. The van der Waals surface area contributed by atoms with Gasteiger partial charge < -0.3 is 20.3 Å². The van der Waals surface area contributed by atoms with Crippen LogP contribution in [0.5, 0.6) is 5.75 Å². The van der Waals surface area contributed by atoms with Crippen LogP contribution in [0.1, 0.15) is 34.3 Å². The minimum Gasteiger partial charge on any atom is -0.486 e. The standard InChI is InChI=1S/C23H24N4O4/c28-21-8-7-19(22(29)26-21)27-13-15-6-5-14(9-17(15)23(27)30)10-25-18-3-1-2-4-20(18)31-16-11-24-12-16/h1-6,9,16,19,24-25H,7-8,10-13H2,(H,26,28,29). The van der Waals surface area contributed by atoms with E-state index in [4.69, 9.17) is 4.74 Å². The van der Waals surface area contributed by atoms with E-state index in [0.717, 1.165) is 35.7 Å². The Bertz CT molecular complexity index is 1050. The fourth-order valence-corrected chi connectivity index (χ4v) is 4.15. The van der Waals surface area contributed by atoms with Crippen molar-refractivity contribution >= 4 is 23.4 Å². The van der Waals surface area contributed by atoms with E-state index >= 15 is 0 Å². The molecule has 3 N–H and O–H groups in total. The lowest BCUT2D eigenvalue weighted by molar-refractivity contribution is -0.136. The minimum atomic E-state index is -0.593. The van der Waals surface area contributed by atoms with Crippen molar-refractivity contribution in [3.63, 3.8) is 0 Å². The first kappa shape index (κ1) is 19.6. The molecule has 0 saturated carbocycles. The van der Waals surface area contributed by atoms with Crippen LogP contribution in [-0.4, -0.2) is 47.9 Å². The van der Waals surface area contributed by atoms with E-state index in [1.807, 2.05) is 42.5 Å². The van der Waals surface area contributed by atoms with Gasteiger partial charge in [-0.3, -0.25) is 19.7 Å². The maximum absolute atomic E-state index is 13.0. The third-order valence-electron chi connectivity index (χ3n) is 6.00. The van der Waals surface area contributed by atoms with Gasteiger partial charge in [-0.1, -0.05) is 24.3 Å². The molecule has 3 amide bonds. The minimum absolute atomic E-state index is 0.160. The number of carbonyl (C=O) groups excluding carboxylic acids is 3. The first-order valence-electron chi connectivity index (χ1n) is 10.6. The number of nitrogens with zero attached hydrogens (tertiary/aromatic N) is 1. The molecule has 3 aliphatic heterocycles. The average molecular weight is 420 g/mol. The Morgan fingerprint density at radius 1 is 1.10 bits per heavy atom. The lowest BCUT2D eigenvalue weighted by Crippen LogP contribution is -2.52. The van der Waals surface area contributed by atoms with E-state index < -0.39 is 11.9 Å². The third kappa shape index (κ3) is 3.86. The number of nitrogens with one attached hydrogen (secondary N) is 3. The smallest absolute Gasteiger partial charge is 0.255 e. The number of rotatable bonds is 6. The van der Waals surface area contributed by atoms with Gasteiger partial charge in [0.25, 0.3) is 5.91 Å². The van der Waals surface area contributed by atoms with Gasteiger partial charge in [-0.25, -0.2) is 0 Å². The van der Waals surface area contributed by atoms with Crippen molar-refractivity contribution in [2.45, 2.75) is 38.1 Å². The van der Waals surface area contributed by atoms with Gasteiger partial charge >= 0.3 is 0 Å². The van der Waals surface area contributed by atoms with E-state index in [1.54, 1.807) is 4.90 Å². The first-order valence-corrected chi connectivity index (χ1v) is 10.6. The summed E-state index contributed by atoms with van der Waals surface area (Å²) in [5.74, 6) is -0.0167. The van der Waals surface area contributed by atoms with Gasteiger partial charge in [-0.15, -0.1) is 0 Å². The van der Waals surface area contributed by atoms with Gasteiger partial charge in [-0.2, -0.15) is 0 Å². The molecular weight excluding hydrogens is 396 g/mol. The van der Waals surface area contributed by atoms with Gasteiger partial charge in [0.2, 0.25) is 11.8 Å². The Morgan fingerprint density at radius 2 is 1.94 bits per heavy atom. The number of imide groups is 1. The molecular formula is C23H24N4O4. The molecule has 8 heteroatoms. The highest BCUT2D eigenvalue weighted by Crippen LogP contribution is 2.29. The fraction of sp³-hybridized carbons (Fsp3) is 0.348. The normalized spacial score (nSPS) is 20.8. The number of para-hydroxylation sites is 2. The number of piperidine rings is 1. The van der Waals surface area contributed by atoms with Crippen LogP contribution in [0, 0.1) is 0 Å². The molecule has 0 radical (unpaired) electrons. The van der Waals surface area contributed by atoms with E-state index in [0.29, 0.717) is 25.1 Å². The van der Waals surface area contributed by atoms with Crippen molar-refractivity contribution in [3.8, 4) is 5.75 Å². The van der Waals surface area contributed by atoms with E-state index in [9.17, 15) is 14.4 Å². The summed E-state index contributed by atoms with van der Waals surface area (Å²) < 4.78 is 6.01. The fourth-order valence-electron chi connectivity index (χ4n) is 4.15. The van der Waals surface area contributed by atoms with Crippen LogP contribution < -0.4 is 20.7 Å². The maximum atomic E-state index is 13.0. The van der Waals surface area contributed by atoms with Crippen LogP contribution in [0.2, 0.25) is 0 Å². The predicted molar refractivity (Wildman–Crippen MR) is 114 cm³/mol. The number of fused-ring (bicyclic) bond motifs is 1. The van der Waals surface area contributed by atoms with Crippen LogP contribution in [0.15, 0.2) is 42.5 Å². The largest absolute Gasteiger partial charge is 0.486 e. The van der Waals surface area contributed by atoms with Gasteiger partial charge in [0.1, 0.15) is 17.9 Å². The second kappa shape index (κ2) is 8.03. The Labute approximate surface area is 179 Å². The summed E-state index contributed by atoms with van der Waals surface area (Å²) >= 11 is 0. The number of carbonyl (C=O) groups is 3. The third-order valence-corrected chi connectivity index (χ3v) is 6.00. The van der Waals surface area contributed by atoms with Gasteiger partial charge in [0.05, 0.1) is 5.69 Å². The molecule has 2 aromatic carbocycles. The molecule has 2 saturated heterocycles. The quantitative estimate of drug-likeness (QED) is 0.611. The Balaban J connectivity index is 1.27. The van der Waals surface area contributed by atoms with Crippen LogP contribution in [-0.2, 0) is 22.7 Å². The molecule has 0 spiro atoms. The lowest BCUT2D eigenvalue weighted by Gasteiger charge is -2.29. The van der Waals surface area contributed by atoms with Crippen molar-refractivity contribution in [3.05, 3.63) is 59.2 Å².